The number of aromatic nitrogens is 1. The highest BCUT2D eigenvalue weighted by atomic mass is 19.4. The molecular formula is C13H15F3N2O3. The first-order chi connectivity index (χ1) is 9.83. The zero-order valence-corrected chi connectivity index (χ0v) is 11.1. The highest BCUT2D eigenvalue weighted by Crippen LogP contribution is 2.32. The third-order valence-corrected chi connectivity index (χ3v) is 3.60. The van der Waals surface area contributed by atoms with Crippen LogP contribution in [0.5, 0.6) is 0 Å². The first-order valence-corrected chi connectivity index (χ1v) is 6.42. The number of alkyl halides is 3. The molecule has 2 rings (SSSR count). The fourth-order valence-corrected chi connectivity index (χ4v) is 2.19. The van der Waals surface area contributed by atoms with Gasteiger partial charge in [-0.05, 0) is 25.0 Å². The van der Waals surface area contributed by atoms with Crippen molar-refractivity contribution in [1.82, 2.24) is 4.98 Å². The molecule has 21 heavy (non-hydrogen) atoms. The summed E-state index contributed by atoms with van der Waals surface area (Å²) in [5.74, 6) is -0.970. The lowest BCUT2D eigenvalue weighted by molar-refractivity contribution is -0.153. The average molecular weight is 304 g/mol. The molecule has 1 fully saturated rings. The Hall–Kier alpha value is -1.83. The van der Waals surface area contributed by atoms with Gasteiger partial charge in [-0.1, -0.05) is 0 Å². The van der Waals surface area contributed by atoms with Gasteiger partial charge in [-0.15, -0.1) is 0 Å². The van der Waals surface area contributed by atoms with Gasteiger partial charge < -0.3 is 15.2 Å². The molecule has 1 aliphatic rings. The van der Waals surface area contributed by atoms with Gasteiger partial charge in [-0.3, -0.25) is 4.79 Å². The molecule has 0 atom stereocenters. The van der Waals surface area contributed by atoms with Crippen molar-refractivity contribution >= 4 is 11.8 Å². The maximum absolute atomic E-state index is 12.6. The second kappa shape index (κ2) is 5.88. The van der Waals surface area contributed by atoms with Crippen LogP contribution < -0.4 is 5.32 Å². The predicted octanol–water partition coefficient (Wildman–Crippen LogP) is 2.39. The summed E-state index contributed by atoms with van der Waals surface area (Å²) in [4.78, 5) is 15.2. The lowest BCUT2D eigenvalue weighted by atomic mass is 9.80. The number of pyridine rings is 1. The first kappa shape index (κ1) is 15.6. The molecule has 0 unspecified atom stereocenters. The number of nitrogens with one attached hydrogen (secondary N) is 1. The van der Waals surface area contributed by atoms with Crippen LogP contribution in [0.1, 0.15) is 18.4 Å². The molecule has 0 amide bonds. The van der Waals surface area contributed by atoms with E-state index in [1.165, 1.54) is 0 Å². The number of halogens is 3. The van der Waals surface area contributed by atoms with Gasteiger partial charge in [0.15, 0.2) is 0 Å². The SMILES string of the molecule is O=C(O)C1(CNc2cc(C(F)(F)F)ccn2)CCOCC1. The summed E-state index contributed by atoms with van der Waals surface area (Å²) < 4.78 is 42.9. The maximum atomic E-state index is 12.6. The summed E-state index contributed by atoms with van der Waals surface area (Å²) >= 11 is 0. The Morgan fingerprint density at radius 3 is 2.67 bits per heavy atom. The molecule has 0 bridgehead atoms. The summed E-state index contributed by atoms with van der Waals surface area (Å²) in [6, 6.07) is 1.74. The Labute approximate surface area is 119 Å². The van der Waals surface area contributed by atoms with Crippen molar-refractivity contribution in [3.63, 3.8) is 0 Å². The number of hydrogen-bond donors (Lipinski definition) is 2. The van der Waals surface area contributed by atoms with Crippen LogP contribution in [0.25, 0.3) is 0 Å². The number of anilines is 1. The summed E-state index contributed by atoms with van der Waals surface area (Å²) in [6.07, 6.45) is -2.78. The molecule has 0 spiro atoms. The van der Waals surface area contributed by atoms with Crippen molar-refractivity contribution < 1.29 is 27.8 Å². The Kier molecular flexibility index (Phi) is 4.36. The largest absolute Gasteiger partial charge is 0.481 e. The lowest BCUT2D eigenvalue weighted by Gasteiger charge is -2.33. The van der Waals surface area contributed by atoms with Gasteiger partial charge in [-0.2, -0.15) is 13.2 Å². The quantitative estimate of drug-likeness (QED) is 0.893. The minimum atomic E-state index is -4.46. The summed E-state index contributed by atoms with van der Waals surface area (Å²) in [7, 11) is 0. The van der Waals surface area contributed by atoms with E-state index in [1.807, 2.05) is 0 Å². The van der Waals surface area contributed by atoms with Crippen LogP contribution in [0.4, 0.5) is 19.0 Å². The van der Waals surface area contributed by atoms with E-state index in [9.17, 15) is 23.1 Å². The number of nitrogens with zero attached hydrogens (tertiary/aromatic N) is 1. The molecule has 1 saturated heterocycles. The second-order valence-corrected chi connectivity index (χ2v) is 4.98. The van der Waals surface area contributed by atoms with Crippen LogP contribution in [0.2, 0.25) is 0 Å². The monoisotopic (exact) mass is 304 g/mol. The van der Waals surface area contributed by atoms with Gasteiger partial charge in [-0.25, -0.2) is 4.98 Å². The molecule has 1 aromatic heterocycles. The normalized spacial score (nSPS) is 18.2. The molecule has 0 saturated carbocycles. The van der Waals surface area contributed by atoms with Gasteiger partial charge in [0.25, 0.3) is 0 Å². The Balaban J connectivity index is 2.09. The molecular weight excluding hydrogens is 289 g/mol. The van der Waals surface area contributed by atoms with E-state index >= 15 is 0 Å². The topological polar surface area (TPSA) is 71.5 Å². The van der Waals surface area contributed by atoms with Gasteiger partial charge in [0.2, 0.25) is 0 Å². The van der Waals surface area contributed by atoms with Gasteiger partial charge >= 0.3 is 12.1 Å². The van der Waals surface area contributed by atoms with Crippen molar-refractivity contribution in [2.75, 3.05) is 25.1 Å². The number of carboxylic acids is 1. The fraction of sp³-hybridized carbons (Fsp3) is 0.538. The predicted molar refractivity (Wildman–Crippen MR) is 67.9 cm³/mol. The van der Waals surface area contributed by atoms with Gasteiger partial charge in [0.1, 0.15) is 5.82 Å². The molecule has 1 aromatic rings. The average Bonchev–Trinajstić information content (AvgIpc) is 2.45. The molecule has 2 N–H and O–H groups in total. The van der Waals surface area contributed by atoms with E-state index in [-0.39, 0.29) is 12.4 Å². The minimum absolute atomic E-state index is 0.0111. The minimum Gasteiger partial charge on any atom is -0.481 e. The van der Waals surface area contributed by atoms with Crippen LogP contribution in [0, 0.1) is 5.41 Å². The zero-order valence-electron chi connectivity index (χ0n) is 11.1. The Morgan fingerprint density at radius 2 is 2.10 bits per heavy atom. The summed E-state index contributed by atoms with van der Waals surface area (Å²) in [5.41, 5.74) is -1.86. The number of carboxylic acid groups (broad SMARTS) is 1. The third kappa shape index (κ3) is 3.63. The van der Waals surface area contributed by atoms with Crippen LogP contribution in [0.3, 0.4) is 0 Å². The van der Waals surface area contributed by atoms with Gasteiger partial charge in [0, 0.05) is 26.0 Å². The number of ether oxygens (including phenoxy) is 1. The first-order valence-electron chi connectivity index (χ1n) is 6.42. The zero-order chi connectivity index (χ0) is 15.5. The molecule has 0 aliphatic carbocycles. The molecule has 0 aromatic carbocycles. The molecule has 116 valence electrons. The smallest absolute Gasteiger partial charge is 0.416 e. The maximum Gasteiger partial charge on any atom is 0.416 e. The molecule has 1 aliphatic heterocycles. The van der Waals surface area contributed by atoms with E-state index in [0.717, 1.165) is 18.3 Å². The highest BCUT2D eigenvalue weighted by Gasteiger charge is 2.40. The van der Waals surface area contributed by atoms with Crippen molar-refractivity contribution in [1.29, 1.82) is 0 Å². The van der Waals surface area contributed by atoms with Crippen molar-refractivity contribution in [3.8, 4) is 0 Å². The Bertz CT molecular complexity index is 514. The third-order valence-electron chi connectivity index (χ3n) is 3.60. The summed E-state index contributed by atoms with van der Waals surface area (Å²) in [6.45, 7) is 0.661. The van der Waals surface area contributed by atoms with Crippen molar-refractivity contribution in [2.24, 2.45) is 5.41 Å². The van der Waals surface area contributed by atoms with Crippen LogP contribution in [-0.4, -0.2) is 35.8 Å². The second-order valence-electron chi connectivity index (χ2n) is 4.98. The van der Waals surface area contributed by atoms with Crippen molar-refractivity contribution in [2.45, 2.75) is 19.0 Å². The van der Waals surface area contributed by atoms with Crippen molar-refractivity contribution in [3.05, 3.63) is 23.9 Å². The number of carbonyl (C=O) groups is 1. The number of aliphatic carboxylic acids is 1. The molecule has 5 nitrogen and oxygen atoms in total. The van der Waals surface area contributed by atoms with E-state index in [1.54, 1.807) is 0 Å². The molecule has 2 heterocycles. The lowest BCUT2D eigenvalue weighted by Crippen LogP contribution is -2.42. The van der Waals surface area contributed by atoms with E-state index < -0.39 is 23.1 Å². The van der Waals surface area contributed by atoms with Crippen LogP contribution in [-0.2, 0) is 15.7 Å². The highest BCUT2D eigenvalue weighted by molar-refractivity contribution is 5.75. The molecule has 0 radical (unpaired) electrons. The molecule has 8 heteroatoms. The summed E-state index contributed by atoms with van der Waals surface area (Å²) in [5, 5.41) is 12.1. The van der Waals surface area contributed by atoms with Crippen LogP contribution in [0.15, 0.2) is 18.3 Å². The van der Waals surface area contributed by atoms with E-state index in [0.29, 0.717) is 26.1 Å². The Morgan fingerprint density at radius 1 is 1.43 bits per heavy atom. The standard InChI is InChI=1S/C13H15F3N2O3/c14-13(15,16)9-1-4-17-10(7-9)18-8-12(11(19)20)2-5-21-6-3-12/h1,4,7H,2-3,5-6,8H2,(H,17,18)(H,19,20). The van der Waals surface area contributed by atoms with Crippen LogP contribution >= 0.6 is 0 Å². The number of rotatable bonds is 4. The van der Waals surface area contributed by atoms with Gasteiger partial charge in [0.05, 0.1) is 11.0 Å². The van der Waals surface area contributed by atoms with E-state index in [4.69, 9.17) is 4.74 Å². The van der Waals surface area contributed by atoms with E-state index in [2.05, 4.69) is 10.3 Å². The fourth-order valence-electron chi connectivity index (χ4n) is 2.19. The number of hydrogen-bond acceptors (Lipinski definition) is 4.